The Labute approximate surface area is 81.0 Å². The Morgan fingerprint density at radius 1 is 1.38 bits per heavy atom. The van der Waals surface area contributed by atoms with Crippen LogP contribution in [0.15, 0.2) is 18.2 Å². The fourth-order valence-electron chi connectivity index (χ4n) is 1.51. The van der Waals surface area contributed by atoms with Gasteiger partial charge in [0.15, 0.2) is 0 Å². The maximum Gasteiger partial charge on any atom is 0.0266 e. The SMILES string of the molecule is CCCc1cc([C@H](C)N)ccc1C. The third kappa shape index (κ3) is 2.56. The van der Waals surface area contributed by atoms with Crippen molar-refractivity contribution < 1.29 is 0 Å². The van der Waals surface area contributed by atoms with Crippen LogP contribution in [0.1, 0.15) is 43.0 Å². The lowest BCUT2D eigenvalue weighted by Gasteiger charge is -2.10. The Bertz CT molecular complexity index is 276. The maximum absolute atomic E-state index is 5.83. The van der Waals surface area contributed by atoms with E-state index in [1.165, 1.54) is 23.1 Å². The zero-order valence-electron chi connectivity index (χ0n) is 8.80. The van der Waals surface area contributed by atoms with Gasteiger partial charge in [0.2, 0.25) is 0 Å². The second-order valence-electron chi connectivity index (χ2n) is 3.72. The molecule has 72 valence electrons. The third-order valence-corrected chi connectivity index (χ3v) is 2.42. The number of nitrogens with two attached hydrogens (primary N) is 1. The lowest BCUT2D eigenvalue weighted by atomic mass is 9.99. The molecule has 1 rings (SSSR count). The fraction of sp³-hybridized carbons (Fsp3) is 0.500. The molecule has 0 amide bonds. The second kappa shape index (κ2) is 4.43. The highest BCUT2D eigenvalue weighted by atomic mass is 14.6. The van der Waals surface area contributed by atoms with Crippen LogP contribution in [0.3, 0.4) is 0 Å². The van der Waals surface area contributed by atoms with E-state index in [-0.39, 0.29) is 6.04 Å². The molecule has 0 bridgehead atoms. The summed E-state index contributed by atoms with van der Waals surface area (Å²) >= 11 is 0. The van der Waals surface area contributed by atoms with Crippen molar-refractivity contribution in [1.29, 1.82) is 0 Å². The standard InChI is InChI=1S/C12H19N/c1-4-5-11-8-12(10(3)13)7-6-9(11)2/h6-8,10H,4-5,13H2,1-3H3/t10-/m0/s1. The molecule has 2 N–H and O–H groups in total. The molecule has 13 heavy (non-hydrogen) atoms. The van der Waals surface area contributed by atoms with E-state index >= 15 is 0 Å². The third-order valence-electron chi connectivity index (χ3n) is 2.42. The van der Waals surface area contributed by atoms with E-state index in [2.05, 4.69) is 32.0 Å². The van der Waals surface area contributed by atoms with E-state index in [4.69, 9.17) is 5.73 Å². The van der Waals surface area contributed by atoms with Crippen molar-refractivity contribution in [1.82, 2.24) is 0 Å². The van der Waals surface area contributed by atoms with Crippen molar-refractivity contribution in [3.63, 3.8) is 0 Å². The molecule has 0 radical (unpaired) electrons. The minimum atomic E-state index is 0.149. The van der Waals surface area contributed by atoms with Crippen molar-refractivity contribution in [2.45, 2.75) is 39.7 Å². The van der Waals surface area contributed by atoms with Crippen molar-refractivity contribution in [2.75, 3.05) is 0 Å². The van der Waals surface area contributed by atoms with Crippen molar-refractivity contribution in [2.24, 2.45) is 5.73 Å². The first-order valence-electron chi connectivity index (χ1n) is 5.00. The summed E-state index contributed by atoms with van der Waals surface area (Å²) in [6, 6.07) is 6.68. The maximum atomic E-state index is 5.83. The molecule has 0 aliphatic carbocycles. The van der Waals surface area contributed by atoms with Crippen molar-refractivity contribution in [3.8, 4) is 0 Å². The average molecular weight is 177 g/mol. The first kappa shape index (κ1) is 10.3. The number of benzene rings is 1. The van der Waals surface area contributed by atoms with Crippen molar-refractivity contribution in [3.05, 3.63) is 34.9 Å². The predicted octanol–water partition coefficient (Wildman–Crippen LogP) is 2.97. The average Bonchev–Trinajstić information content (AvgIpc) is 2.08. The Balaban J connectivity index is 2.97. The predicted molar refractivity (Wildman–Crippen MR) is 57.8 cm³/mol. The van der Waals surface area contributed by atoms with Gasteiger partial charge in [0, 0.05) is 6.04 Å². The van der Waals surface area contributed by atoms with Crippen molar-refractivity contribution >= 4 is 0 Å². The molecule has 1 heteroatoms. The summed E-state index contributed by atoms with van der Waals surface area (Å²) in [5.74, 6) is 0. The highest BCUT2D eigenvalue weighted by Crippen LogP contribution is 2.16. The van der Waals surface area contributed by atoms with Gasteiger partial charge in [-0.05, 0) is 37.0 Å². The summed E-state index contributed by atoms with van der Waals surface area (Å²) in [4.78, 5) is 0. The van der Waals surface area contributed by atoms with Crippen LogP contribution in [0.5, 0.6) is 0 Å². The number of hydrogen-bond donors (Lipinski definition) is 1. The van der Waals surface area contributed by atoms with E-state index in [0.29, 0.717) is 0 Å². The van der Waals surface area contributed by atoms with Gasteiger partial charge < -0.3 is 5.73 Å². The van der Waals surface area contributed by atoms with Gasteiger partial charge in [-0.25, -0.2) is 0 Å². The molecular weight excluding hydrogens is 158 g/mol. The van der Waals surface area contributed by atoms with Crippen LogP contribution in [0.25, 0.3) is 0 Å². The lowest BCUT2D eigenvalue weighted by Crippen LogP contribution is -2.05. The van der Waals surface area contributed by atoms with E-state index in [9.17, 15) is 0 Å². The van der Waals surface area contributed by atoms with E-state index in [1.807, 2.05) is 6.92 Å². The molecule has 0 unspecified atom stereocenters. The van der Waals surface area contributed by atoms with E-state index < -0.39 is 0 Å². The summed E-state index contributed by atoms with van der Waals surface area (Å²) in [7, 11) is 0. The molecule has 1 nitrogen and oxygen atoms in total. The fourth-order valence-corrected chi connectivity index (χ4v) is 1.51. The summed E-state index contributed by atoms with van der Waals surface area (Å²) in [5.41, 5.74) is 9.90. The van der Waals surface area contributed by atoms with Gasteiger partial charge in [0.05, 0.1) is 0 Å². The monoisotopic (exact) mass is 177 g/mol. The normalized spacial score (nSPS) is 12.9. The van der Waals surface area contributed by atoms with Crippen LogP contribution < -0.4 is 5.73 Å². The lowest BCUT2D eigenvalue weighted by molar-refractivity contribution is 0.810. The topological polar surface area (TPSA) is 26.0 Å². The number of rotatable bonds is 3. The molecule has 1 aromatic rings. The Morgan fingerprint density at radius 3 is 2.62 bits per heavy atom. The number of hydrogen-bond acceptors (Lipinski definition) is 1. The van der Waals surface area contributed by atoms with E-state index in [0.717, 1.165) is 6.42 Å². The highest BCUT2D eigenvalue weighted by molar-refractivity contribution is 5.32. The molecule has 0 aliphatic rings. The molecule has 1 atom stereocenters. The number of aryl methyl sites for hydroxylation is 2. The summed E-state index contributed by atoms with van der Waals surface area (Å²) in [5, 5.41) is 0. The highest BCUT2D eigenvalue weighted by Gasteiger charge is 2.02. The first-order valence-corrected chi connectivity index (χ1v) is 5.00. The minimum absolute atomic E-state index is 0.149. The van der Waals surface area contributed by atoms with Gasteiger partial charge in [-0.15, -0.1) is 0 Å². The van der Waals surface area contributed by atoms with Crippen LogP contribution in [0.4, 0.5) is 0 Å². The zero-order valence-corrected chi connectivity index (χ0v) is 8.80. The smallest absolute Gasteiger partial charge is 0.0266 e. The minimum Gasteiger partial charge on any atom is -0.324 e. The van der Waals surface area contributed by atoms with Gasteiger partial charge in [-0.1, -0.05) is 31.5 Å². The van der Waals surface area contributed by atoms with Gasteiger partial charge in [0.25, 0.3) is 0 Å². The molecule has 0 fully saturated rings. The van der Waals surface area contributed by atoms with Gasteiger partial charge in [-0.3, -0.25) is 0 Å². The Morgan fingerprint density at radius 2 is 2.08 bits per heavy atom. The van der Waals surface area contributed by atoms with E-state index in [1.54, 1.807) is 0 Å². The van der Waals surface area contributed by atoms with Crippen LogP contribution in [-0.4, -0.2) is 0 Å². The first-order chi connectivity index (χ1) is 6.15. The molecular formula is C12H19N. The molecule has 1 aromatic carbocycles. The molecule has 0 heterocycles. The molecule has 0 aliphatic heterocycles. The molecule has 0 aromatic heterocycles. The molecule has 0 saturated heterocycles. The van der Waals surface area contributed by atoms with Crippen LogP contribution in [0, 0.1) is 6.92 Å². The van der Waals surface area contributed by atoms with Gasteiger partial charge in [0.1, 0.15) is 0 Å². The van der Waals surface area contributed by atoms with Gasteiger partial charge in [-0.2, -0.15) is 0 Å². The quantitative estimate of drug-likeness (QED) is 0.754. The van der Waals surface area contributed by atoms with Crippen LogP contribution >= 0.6 is 0 Å². The summed E-state index contributed by atoms with van der Waals surface area (Å²) in [6.07, 6.45) is 2.36. The Hall–Kier alpha value is -0.820. The molecule has 0 saturated carbocycles. The van der Waals surface area contributed by atoms with Gasteiger partial charge >= 0.3 is 0 Å². The summed E-state index contributed by atoms with van der Waals surface area (Å²) < 4.78 is 0. The molecule has 0 spiro atoms. The van der Waals surface area contributed by atoms with Crippen LogP contribution in [-0.2, 0) is 6.42 Å². The Kier molecular flexibility index (Phi) is 3.49. The second-order valence-corrected chi connectivity index (χ2v) is 3.72. The largest absolute Gasteiger partial charge is 0.324 e. The summed E-state index contributed by atoms with van der Waals surface area (Å²) in [6.45, 7) is 6.40. The van der Waals surface area contributed by atoms with Crippen LogP contribution in [0.2, 0.25) is 0 Å². The zero-order chi connectivity index (χ0) is 9.84.